The fourth-order valence-corrected chi connectivity index (χ4v) is 5.44. The number of pyridine rings is 1. The van der Waals surface area contributed by atoms with Gasteiger partial charge in [0.1, 0.15) is 11.8 Å². The fraction of sp³-hybridized carbons (Fsp3) is 0.179. The van der Waals surface area contributed by atoms with Crippen molar-refractivity contribution >= 4 is 52.3 Å². The van der Waals surface area contributed by atoms with Crippen LogP contribution in [-0.4, -0.2) is 27.4 Å². The van der Waals surface area contributed by atoms with Crippen LogP contribution in [0.1, 0.15) is 35.5 Å². The summed E-state index contributed by atoms with van der Waals surface area (Å²) in [5.41, 5.74) is 2.77. The van der Waals surface area contributed by atoms with Crippen LogP contribution in [0.5, 0.6) is 0 Å². The Morgan fingerprint density at radius 3 is 2.62 bits per heavy atom. The van der Waals surface area contributed by atoms with Crippen LogP contribution in [0.2, 0.25) is 5.02 Å². The lowest BCUT2D eigenvalue weighted by Gasteiger charge is -2.25. The third-order valence-corrected chi connectivity index (χ3v) is 7.57. The van der Waals surface area contributed by atoms with Crippen molar-refractivity contribution in [1.82, 2.24) is 15.2 Å². The van der Waals surface area contributed by atoms with Crippen LogP contribution in [0.15, 0.2) is 99.5 Å². The number of benzene rings is 2. The Hall–Kier alpha value is -3.33. The summed E-state index contributed by atoms with van der Waals surface area (Å²) in [6, 6.07) is 24.6. The maximum absolute atomic E-state index is 12.7. The van der Waals surface area contributed by atoms with Crippen LogP contribution in [-0.2, 0) is 4.79 Å². The van der Waals surface area contributed by atoms with Gasteiger partial charge in [-0.25, -0.2) is 0 Å². The largest absolute Gasteiger partial charge is 0.452 e. The summed E-state index contributed by atoms with van der Waals surface area (Å²) in [6.45, 7) is 2.44. The molecule has 37 heavy (non-hydrogen) atoms. The molecule has 6 nitrogen and oxygen atoms in total. The van der Waals surface area contributed by atoms with Gasteiger partial charge in [-0.15, -0.1) is 0 Å². The number of amides is 1. The molecule has 0 bridgehead atoms. The van der Waals surface area contributed by atoms with Crippen LogP contribution in [0.25, 0.3) is 0 Å². The van der Waals surface area contributed by atoms with Gasteiger partial charge in [0, 0.05) is 34.8 Å². The topological polar surface area (TPSA) is 70.4 Å². The monoisotopic (exact) mass is 548 g/mol. The number of thiocarbonyl (C=S) groups is 1. The highest BCUT2D eigenvalue weighted by Gasteiger charge is 2.41. The molecule has 0 radical (unpaired) electrons. The number of nitrogens with one attached hydrogen (secondary N) is 2. The van der Waals surface area contributed by atoms with E-state index in [9.17, 15) is 4.79 Å². The molecule has 1 fully saturated rings. The summed E-state index contributed by atoms with van der Waals surface area (Å²) >= 11 is 13.2. The SMILES string of the molecule is Cc1ccc(NC(=O)CCN2C(=S)N[C@H](c3ccccn3)[C@@H]2c2ccc(Sc3ccc(Cl)cc3)o2)cc1. The average Bonchev–Trinajstić information content (AvgIpc) is 3.49. The van der Waals surface area contributed by atoms with E-state index >= 15 is 0 Å². The second-order valence-corrected chi connectivity index (χ2v) is 10.6. The smallest absolute Gasteiger partial charge is 0.226 e. The number of rotatable bonds is 8. The van der Waals surface area contributed by atoms with E-state index in [0.717, 1.165) is 32.7 Å². The lowest BCUT2D eigenvalue weighted by atomic mass is 10.0. The molecular weight excluding hydrogens is 524 g/mol. The van der Waals surface area contributed by atoms with Gasteiger partial charge in [0.2, 0.25) is 5.91 Å². The Bertz CT molecular complexity index is 1380. The zero-order chi connectivity index (χ0) is 25.8. The molecule has 5 rings (SSSR count). The second-order valence-electron chi connectivity index (χ2n) is 8.70. The van der Waals surface area contributed by atoms with Gasteiger partial charge < -0.3 is 20.0 Å². The van der Waals surface area contributed by atoms with E-state index in [1.165, 1.54) is 11.8 Å². The van der Waals surface area contributed by atoms with Gasteiger partial charge >= 0.3 is 0 Å². The number of carbonyl (C=O) groups excluding carboxylic acids is 1. The highest BCUT2D eigenvalue weighted by Crippen LogP contribution is 2.41. The number of halogens is 1. The third-order valence-electron chi connectivity index (χ3n) is 6.04. The standard InChI is InChI=1S/C28H25ClN4O2S2/c1-18-5-9-20(10-6-18)31-24(34)15-17-33-27(26(32-28(33)36)22-4-2-3-16-30-22)23-13-14-25(35-23)37-21-11-7-19(29)8-12-21/h2-14,16,26-27H,15,17H2,1H3,(H,31,34)(H,32,36)/t26-,27+/m1/s1. The molecular formula is C28H25ClN4O2S2. The van der Waals surface area contributed by atoms with Gasteiger partial charge in [0.05, 0.1) is 11.7 Å². The molecule has 1 aliphatic heterocycles. The second kappa shape index (κ2) is 11.4. The first kappa shape index (κ1) is 25.3. The van der Waals surface area contributed by atoms with Crippen LogP contribution < -0.4 is 10.6 Å². The maximum Gasteiger partial charge on any atom is 0.226 e. The maximum atomic E-state index is 12.7. The number of aromatic nitrogens is 1. The van der Waals surface area contributed by atoms with Crippen molar-refractivity contribution in [2.45, 2.75) is 35.4 Å². The number of carbonyl (C=O) groups is 1. The summed E-state index contributed by atoms with van der Waals surface area (Å²) < 4.78 is 6.31. The Kier molecular flexibility index (Phi) is 7.79. The minimum absolute atomic E-state index is 0.0786. The fourth-order valence-electron chi connectivity index (χ4n) is 4.20. The number of hydrogen-bond acceptors (Lipinski definition) is 5. The first-order valence-corrected chi connectivity index (χ1v) is 13.4. The summed E-state index contributed by atoms with van der Waals surface area (Å²) in [5.74, 6) is 0.670. The number of anilines is 1. The van der Waals surface area contributed by atoms with Crippen molar-refractivity contribution in [3.63, 3.8) is 0 Å². The van der Waals surface area contributed by atoms with Crippen molar-refractivity contribution in [3.05, 3.63) is 107 Å². The number of aryl methyl sites for hydroxylation is 1. The van der Waals surface area contributed by atoms with Crippen LogP contribution in [0.4, 0.5) is 5.69 Å². The predicted octanol–water partition coefficient (Wildman–Crippen LogP) is 6.79. The first-order valence-electron chi connectivity index (χ1n) is 11.8. The minimum Gasteiger partial charge on any atom is -0.452 e. The van der Waals surface area contributed by atoms with Crippen LogP contribution in [0.3, 0.4) is 0 Å². The van der Waals surface area contributed by atoms with Crippen LogP contribution in [0, 0.1) is 6.92 Å². The molecule has 0 aliphatic carbocycles. The van der Waals surface area contributed by atoms with Gasteiger partial charge in [-0.3, -0.25) is 9.78 Å². The summed E-state index contributed by atoms with van der Waals surface area (Å²) in [6.07, 6.45) is 2.03. The first-order chi connectivity index (χ1) is 18.0. The van der Waals surface area contributed by atoms with Crippen molar-refractivity contribution < 1.29 is 9.21 Å². The average molecular weight is 549 g/mol. The molecule has 0 saturated carbocycles. The van der Waals surface area contributed by atoms with Gasteiger partial charge in [-0.2, -0.15) is 0 Å². The van der Waals surface area contributed by atoms with E-state index < -0.39 is 0 Å². The lowest BCUT2D eigenvalue weighted by molar-refractivity contribution is -0.116. The molecule has 1 aliphatic rings. The highest BCUT2D eigenvalue weighted by atomic mass is 35.5. The van der Waals surface area contributed by atoms with Gasteiger partial charge in [-0.05, 0) is 79.8 Å². The van der Waals surface area contributed by atoms with Gasteiger partial charge in [0.15, 0.2) is 10.2 Å². The number of nitrogens with zero attached hydrogens (tertiary/aromatic N) is 2. The van der Waals surface area contributed by atoms with Crippen LogP contribution >= 0.6 is 35.6 Å². The summed E-state index contributed by atoms with van der Waals surface area (Å²) in [5, 5.41) is 8.37. The minimum atomic E-state index is -0.255. The molecule has 4 aromatic rings. The van der Waals surface area contributed by atoms with E-state index in [4.69, 9.17) is 28.2 Å². The molecule has 0 spiro atoms. The van der Waals surface area contributed by atoms with E-state index in [1.54, 1.807) is 6.20 Å². The van der Waals surface area contributed by atoms with Crippen molar-refractivity contribution in [2.75, 3.05) is 11.9 Å². The molecule has 2 atom stereocenters. The van der Waals surface area contributed by atoms with Crippen molar-refractivity contribution in [3.8, 4) is 0 Å². The normalized spacial score (nSPS) is 17.0. The molecule has 188 valence electrons. The number of hydrogen-bond donors (Lipinski definition) is 2. The lowest BCUT2D eigenvalue weighted by Crippen LogP contribution is -2.32. The number of furan rings is 1. The molecule has 1 amide bonds. The quantitative estimate of drug-likeness (QED) is 0.235. The van der Waals surface area contributed by atoms with E-state index in [0.29, 0.717) is 16.7 Å². The summed E-state index contributed by atoms with van der Waals surface area (Å²) in [4.78, 5) is 20.3. The van der Waals surface area contributed by atoms with Crippen molar-refractivity contribution in [2.24, 2.45) is 0 Å². The van der Waals surface area contributed by atoms with Crippen molar-refractivity contribution in [1.29, 1.82) is 0 Å². The summed E-state index contributed by atoms with van der Waals surface area (Å²) in [7, 11) is 0. The highest BCUT2D eigenvalue weighted by molar-refractivity contribution is 7.99. The Balaban J connectivity index is 1.35. The van der Waals surface area contributed by atoms with E-state index in [-0.39, 0.29) is 24.4 Å². The third kappa shape index (κ3) is 6.15. The molecule has 9 heteroatoms. The predicted molar refractivity (Wildman–Crippen MR) is 151 cm³/mol. The zero-order valence-electron chi connectivity index (χ0n) is 20.1. The van der Waals surface area contributed by atoms with E-state index in [2.05, 4.69) is 15.6 Å². The molecule has 0 unspecified atom stereocenters. The molecule has 2 aromatic heterocycles. The molecule has 1 saturated heterocycles. The Labute approximate surface area is 230 Å². The molecule has 3 heterocycles. The Morgan fingerprint density at radius 1 is 1.11 bits per heavy atom. The van der Waals surface area contributed by atoms with Gasteiger partial charge in [0.25, 0.3) is 0 Å². The zero-order valence-corrected chi connectivity index (χ0v) is 22.4. The molecule has 2 N–H and O–H groups in total. The van der Waals surface area contributed by atoms with Gasteiger partial charge in [-0.1, -0.05) is 47.1 Å². The molecule has 2 aromatic carbocycles. The van der Waals surface area contributed by atoms with E-state index in [1.807, 2.05) is 90.7 Å². The Morgan fingerprint density at radius 2 is 1.89 bits per heavy atom.